The van der Waals surface area contributed by atoms with E-state index in [2.05, 4.69) is 32.2 Å². The molecule has 0 radical (unpaired) electrons. The van der Waals surface area contributed by atoms with E-state index in [4.69, 9.17) is 0 Å². The molecule has 1 atom stereocenters. The minimum Gasteiger partial charge on any atom is -0.356 e. The summed E-state index contributed by atoms with van der Waals surface area (Å²) in [4.78, 5) is 13.9. The van der Waals surface area contributed by atoms with Crippen molar-refractivity contribution < 1.29 is 4.79 Å². The second kappa shape index (κ2) is 3.23. The van der Waals surface area contributed by atoms with Gasteiger partial charge in [0, 0.05) is 24.0 Å². The van der Waals surface area contributed by atoms with Crippen LogP contribution in [0, 0.1) is 0 Å². The zero-order chi connectivity index (χ0) is 10.4. The van der Waals surface area contributed by atoms with Crippen LogP contribution in [0.2, 0.25) is 0 Å². The highest BCUT2D eigenvalue weighted by Gasteiger charge is 2.37. The molecule has 1 fully saturated rings. The maximum Gasteiger partial charge on any atom is 0.243 e. The number of halogens is 1. The first-order chi connectivity index (χ1) is 7.27. The van der Waals surface area contributed by atoms with Crippen LogP contribution in [-0.4, -0.2) is 25.0 Å². The van der Waals surface area contributed by atoms with Crippen molar-refractivity contribution in [3.05, 3.63) is 28.2 Å². The Labute approximate surface area is 96.6 Å². The summed E-state index contributed by atoms with van der Waals surface area (Å²) in [5.74, 6) is 0.157. The van der Waals surface area contributed by atoms with Crippen LogP contribution < -0.4 is 10.2 Å². The zero-order valence-electron chi connectivity index (χ0n) is 8.16. The van der Waals surface area contributed by atoms with Gasteiger partial charge in [-0.3, -0.25) is 4.79 Å². The van der Waals surface area contributed by atoms with Gasteiger partial charge in [-0.1, -0.05) is 12.1 Å². The van der Waals surface area contributed by atoms with Crippen LogP contribution in [0.5, 0.6) is 0 Å². The van der Waals surface area contributed by atoms with E-state index in [0.29, 0.717) is 0 Å². The van der Waals surface area contributed by atoms with E-state index in [0.717, 1.165) is 24.0 Å². The lowest BCUT2D eigenvalue weighted by molar-refractivity contribution is -0.123. The molecule has 1 amide bonds. The predicted molar refractivity (Wildman–Crippen MR) is 62.0 cm³/mol. The van der Waals surface area contributed by atoms with Crippen LogP contribution in [0.4, 0.5) is 5.69 Å². The van der Waals surface area contributed by atoms with Gasteiger partial charge in [-0.15, -0.1) is 0 Å². The molecular weight excluding hydrogens is 256 g/mol. The van der Waals surface area contributed by atoms with E-state index in [1.165, 1.54) is 11.3 Å². The third-order valence-corrected chi connectivity index (χ3v) is 3.74. The molecule has 0 spiro atoms. The minimum atomic E-state index is 0.00690. The molecule has 0 aliphatic carbocycles. The SMILES string of the molecule is O=C1NCCN2c3c(Br)cccc3CC12. The molecule has 1 unspecified atom stereocenters. The lowest BCUT2D eigenvalue weighted by Gasteiger charge is -2.31. The Kier molecular flexibility index (Phi) is 1.99. The molecule has 2 heterocycles. The fourth-order valence-electron chi connectivity index (χ4n) is 2.44. The van der Waals surface area contributed by atoms with Crippen LogP contribution >= 0.6 is 15.9 Å². The van der Waals surface area contributed by atoms with Gasteiger partial charge >= 0.3 is 0 Å². The normalized spacial score (nSPS) is 23.4. The number of benzene rings is 1. The summed E-state index contributed by atoms with van der Waals surface area (Å²) < 4.78 is 1.09. The summed E-state index contributed by atoms with van der Waals surface area (Å²) in [5.41, 5.74) is 2.48. The van der Waals surface area contributed by atoms with Crippen molar-refractivity contribution in [2.45, 2.75) is 12.5 Å². The number of nitrogens with one attached hydrogen (secondary N) is 1. The lowest BCUT2D eigenvalue weighted by atomic mass is 10.1. The molecule has 78 valence electrons. The molecule has 2 aliphatic rings. The predicted octanol–water partition coefficient (Wildman–Crippen LogP) is 1.31. The van der Waals surface area contributed by atoms with Gasteiger partial charge in [0.15, 0.2) is 0 Å². The molecule has 15 heavy (non-hydrogen) atoms. The standard InChI is InChI=1S/C11H11BrN2O/c12-8-3-1-2-7-6-9-11(15)13-4-5-14(9)10(7)8/h1-3,9H,4-6H2,(H,13,15). The van der Waals surface area contributed by atoms with Gasteiger partial charge in [0.2, 0.25) is 5.91 Å². The molecule has 3 rings (SSSR count). The first kappa shape index (κ1) is 9.21. The van der Waals surface area contributed by atoms with Gasteiger partial charge in [-0.05, 0) is 27.6 Å². The molecule has 0 saturated carbocycles. The summed E-state index contributed by atoms with van der Waals surface area (Å²) in [6.07, 6.45) is 0.834. The Morgan fingerprint density at radius 2 is 2.33 bits per heavy atom. The number of nitrogens with zero attached hydrogens (tertiary/aromatic N) is 1. The summed E-state index contributed by atoms with van der Waals surface area (Å²) in [5, 5.41) is 2.91. The van der Waals surface area contributed by atoms with E-state index >= 15 is 0 Å². The van der Waals surface area contributed by atoms with Gasteiger partial charge in [0.1, 0.15) is 6.04 Å². The number of anilines is 1. The minimum absolute atomic E-state index is 0.00690. The van der Waals surface area contributed by atoms with Crippen molar-refractivity contribution in [3.8, 4) is 0 Å². The van der Waals surface area contributed by atoms with Crippen LogP contribution in [0.25, 0.3) is 0 Å². The van der Waals surface area contributed by atoms with E-state index in [1.807, 2.05) is 12.1 Å². The van der Waals surface area contributed by atoms with Gasteiger partial charge < -0.3 is 10.2 Å². The van der Waals surface area contributed by atoms with Crippen LogP contribution in [0.1, 0.15) is 5.56 Å². The van der Waals surface area contributed by atoms with Gasteiger partial charge in [0.05, 0.1) is 5.69 Å². The smallest absolute Gasteiger partial charge is 0.243 e. The second-order valence-electron chi connectivity index (χ2n) is 3.95. The molecule has 0 aromatic heterocycles. The van der Waals surface area contributed by atoms with E-state index in [-0.39, 0.29) is 11.9 Å². The van der Waals surface area contributed by atoms with Crippen molar-refractivity contribution in [3.63, 3.8) is 0 Å². The zero-order valence-corrected chi connectivity index (χ0v) is 9.75. The number of carbonyl (C=O) groups excluding carboxylic acids is 1. The molecule has 3 nitrogen and oxygen atoms in total. The Hall–Kier alpha value is -1.03. The summed E-state index contributed by atoms with van der Waals surface area (Å²) in [7, 11) is 0. The summed E-state index contributed by atoms with van der Waals surface area (Å²) in [6, 6.07) is 6.17. The van der Waals surface area contributed by atoms with Crippen molar-refractivity contribution in [2.75, 3.05) is 18.0 Å². The maximum atomic E-state index is 11.7. The summed E-state index contributed by atoms with van der Waals surface area (Å²) in [6.45, 7) is 1.65. The fraction of sp³-hybridized carbons (Fsp3) is 0.364. The number of amides is 1. The third-order valence-electron chi connectivity index (χ3n) is 3.10. The second-order valence-corrected chi connectivity index (χ2v) is 4.81. The fourth-order valence-corrected chi connectivity index (χ4v) is 3.07. The van der Waals surface area contributed by atoms with E-state index < -0.39 is 0 Å². The van der Waals surface area contributed by atoms with Crippen molar-refractivity contribution in [2.24, 2.45) is 0 Å². The lowest BCUT2D eigenvalue weighted by Crippen LogP contribution is -2.53. The first-order valence-corrected chi connectivity index (χ1v) is 5.88. The van der Waals surface area contributed by atoms with Gasteiger partial charge in [-0.2, -0.15) is 0 Å². The Bertz CT molecular complexity index is 433. The van der Waals surface area contributed by atoms with Crippen molar-refractivity contribution >= 4 is 27.5 Å². The number of hydrogen-bond donors (Lipinski definition) is 1. The molecule has 1 N–H and O–H groups in total. The highest BCUT2D eigenvalue weighted by atomic mass is 79.9. The Morgan fingerprint density at radius 3 is 3.20 bits per heavy atom. The molecule has 2 aliphatic heterocycles. The number of para-hydroxylation sites is 1. The Morgan fingerprint density at radius 1 is 1.47 bits per heavy atom. The molecule has 0 bridgehead atoms. The van der Waals surface area contributed by atoms with E-state index in [1.54, 1.807) is 0 Å². The Balaban J connectivity index is 2.09. The highest BCUT2D eigenvalue weighted by molar-refractivity contribution is 9.10. The average Bonchev–Trinajstić information content (AvgIpc) is 2.59. The third kappa shape index (κ3) is 1.28. The van der Waals surface area contributed by atoms with E-state index in [9.17, 15) is 4.79 Å². The van der Waals surface area contributed by atoms with Crippen LogP contribution in [0.3, 0.4) is 0 Å². The van der Waals surface area contributed by atoms with Crippen LogP contribution in [0.15, 0.2) is 22.7 Å². The first-order valence-electron chi connectivity index (χ1n) is 5.09. The number of piperazine rings is 1. The van der Waals surface area contributed by atoms with Gasteiger partial charge in [0.25, 0.3) is 0 Å². The topological polar surface area (TPSA) is 32.3 Å². The molecular formula is C11H11BrN2O. The molecule has 4 heteroatoms. The quantitative estimate of drug-likeness (QED) is 0.768. The summed E-state index contributed by atoms with van der Waals surface area (Å²) >= 11 is 3.56. The molecule has 1 aromatic rings. The highest BCUT2D eigenvalue weighted by Crippen LogP contribution is 2.38. The van der Waals surface area contributed by atoms with Gasteiger partial charge in [-0.25, -0.2) is 0 Å². The van der Waals surface area contributed by atoms with Crippen molar-refractivity contribution in [1.82, 2.24) is 5.32 Å². The number of fused-ring (bicyclic) bond motifs is 3. The average molecular weight is 267 g/mol. The number of hydrogen-bond acceptors (Lipinski definition) is 2. The largest absolute Gasteiger partial charge is 0.356 e. The number of carbonyl (C=O) groups is 1. The number of rotatable bonds is 0. The molecule has 1 aromatic carbocycles. The van der Waals surface area contributed by atoms with Crippen LogP contribution in [-0.2, 0) is 11.2 Å². The monoisotopic (exact) mass is 266 g/mol. The van der Waals surface area contributed by atoms with Crippen molar-refractivity contribution in [1.29, 1.82) is 0 Å². The molecule has 1 saturated heterocycles. The maximum absolute atomic E-state index is 11.7.